The van der Waals surface area contributed by atoms with Crippen molar-refractivity contribution in [3.63, 3.8) is 0 Å². The number of halogens is 1. The summed E-state index contributed by atoms with van der Waals surface area (Å²) in [6.07, 6.45) is 7.14. The van der Waals surface area contributed by atoms with Crippen LogP contribution in [0.1, 0.15) is 13.3 Å². The van der Waals surface area contributed by atoms with E-state index in [-0.39, 0.29) is 18.2 Å². The molecule has 0 saturated heterocycles. The molecular formula is C16H14BrN3O2. The Morgan fingerprint density at radius 2 is 2.23 bits per heavy atom. The number of benzene rings is 1. The highest BCUT2D eigenvalue weighted by Crippen LogP contribution is 2.29. The van der Waals surface area contributed by atoms with Crippen molar-refractivity contribution >= 4 is 39.3 Å². The van der Waals surface area contributed by atoms with Gasteiger partial charge in [0.2, 0.25) is 0 Å². The molecule has 2 aliphatic rings. The van der Waals surface area contributed by atoms with E-state index >= 15 is 0 Å². The molecule has 112 valence electrons. The Hall–Kier alpha value is -2.21. The molecule has 0 spiro atoms. The van der Waals surface area contributed by atoms with E-state index < -0.39 is 5.54 Å². The second kappa shape index (κ2) is 5.53. The number of hydrogen-bond donors (Lipinski definition) is 1. The van der Waals surface area contributed by atoms with Gasteiger partial charge in [-0.25, -0.2) is 0 Å². The molecular weight excluding hydrogens is 346 g/mol. The fourth-order valence-electron chi connectivity index (χ4n) is 2.51. The molecule has 5 nitrogen and oxygen atoms in total. The fraction of sp³-hybridized carbons (Fsp3) is 0.188. The van der Waals surface area contributed by atoms with Crippen LogP contribution in [0.15, 0.2) is 58.2 Å². The minimum absolute atomic E-state index is 0.0362. The van der Waals surface area contributed by atoms with Gasteiger partial charge in [-0.15, -0.1) is 0 Å². The predicted octanol–water partition coefficient (Wildman–Crippen LogP) is 2.86. The molecule has 0 aliphatic carbocycles. The highest BCUT2D eigenvalue weighted by atomic mass is 79.9. The number of hydrogen-bond acceptors (Lipinski definition) is 3. The standard InChI is InChI=1S/C16H14BrN3O2/c1-16(15(22)18-12-6-4-5-11(17)9-12)10-14(21)19-13-7-2-3-8-20(13)16/h2-9H,10H2,1H3,(H,18,22). The number of aliphatic imine (C=N–C) groups is 1. The molecule has 0 radical (unpaired) electrons. The molecule has 3 rings (SSSR count). The van der Waals surface area contributed by atoms with Crippen LogP contribution in [0.2, 0.25) is 0 Å². The molecule has 1 atom stereocenters. The van der Waals surface area contributed by atoms with Crippen LogP contribution in [0.4, 0.5) is 5.69 Å². The summed E-state index contributed by atoms with van der Waals surface area (Å²) in [5, 5.41) is 2.87. The van der Waals surface area contributed by atoms with Gasteiger partial charge in [-0.2, -0.15) is 4.99 Å². The molecule has 6 heteroatoms. The molecule has 0 saturated carbocycles. The number of nitrogens with zero attached hydrogens (tertiary/aromatic N) is 2. The number of allylic oxidation sites excluding steroid dienone is 2. The number of nitrogens with one attached hydrogen (secondary N) is 1. The minimum Gasteiger partial charge on any atom is -0.324 e. The first-order valence-electron chi connectivity index (χ1n) is 6.82. The van der Waals surface area contributed by atoms with Crippen LogP contribution in [-0.4, -0.2) is 28.1 Å². The van der Waals surface area contributed by atoms with Crippen LogP contribution in [0, 0.1) is 0 Å². The zero-order valence-corrected chi connectivity index (χ0v) is 13.5. The summed E-state index contributed by atoms with van der Waals surface area (Å²) in [4.78, 5) is 30.4. The SMILES string of the molecule is CC1(C(=O)Nc2cccc(Br)c2)CC(=O)N=C2C=CC=CN21. The van der Waals surface area contributed by atoms with Gasteiger partial charge in [0.1, 0.15) is 11.4 Å². The van der Waals surface area contributed by atoms with E-state index in [1.807, 2.05) is 24.3 Å². The Balaban J connectivity index is 1.90. The summed E-state index contributed by atoms with van der Waals surface area (Å²) in [7, 11) is 0. The number of amidine groups is 1. The quantitative estimate of drug-likeness (QED) is 0.882. The molecule has 1 unspecified atom stereocenters. The maximum atomic E-state index is 12.8. The van der Waals surface area contributed by atoms with Gasteiger partial charge in [0.15, 0.2) is 0 Å². The van der Waals surface area contributed by atoms with Crippen molar-refractivity contribution in [1.29, 1.82) is 0 Å². The van der Waals surface area contributed by atoms with E-state index in [9.17, 15) is 9.59 Å². The number of rotatable bonds is 2. The third-order valence-electron chi connectivity index (χ3n) is 3.68. The zero-order chi connectivity index (χ0) is 15.7. The Labute approximate surface area is 136 Å². The predicted molar refractivity (Wildman–Crippen MR) is 88.4 cm³/mol. The number of anilines is 1. The maximum absolute atomic E-state index is 12.8. The number of carbonyl (C=O) groups is 2. The van der Waals surface area contributed by atoms with Crippen molar-refractivity contribution in [2.24, 2.45) is 4.99 Å². The number of fused-ring (bicyclic) bond motifs is 1. The molecule has 2 heterocycles. The van der Waals surface area contributed by atoms with Gasteiger partial charge in [-0.05, 0) is 37.3 Å². The first-order valence-corrected chi connectivity index (χ1v) is 7.61. The number of amides is 2. The lowest BCUT2D eigenvalue weighted by Crippen LogP contribution is -2.58. The molecule has 2 amide bonds. The van der Waals surface area contributed by atoms with Crippen LogP contribution >= 0.6 is 15.9 Å². The van der Waals surface area contributed by atoms with Crippen LogP contribution < -0.4 is 5.32 Å². The second-order valence-corrected chi connectivity index (χ2v) is 6.27. The maximum Gasteiger partial charge on any atom is 0.250 e. The Bertz CT molecular complexity index is 739. The highest BCUT2D eigenvalue weighted by molar-refractivity contribution is 9.10. The topological polar surface area (TPSA) is 61.8 Å². The minimum atomic E-state index is -1.00. The molecule has 1 aromatic rings. The summed E-state index contributed by atoms with van der Waals surface area (Å²) in [6, 6.07) is 7.33. The second-order valence-electron chi connectivity index (χ2n) is 5.35. The molecule has 0 bridgehead atoms. The first-order chi connectivity index (χ1) is 10.5. The summed E-state index contributed by atoms with van der Waals surface area (Å²) < 4.78 is 0.873. The van der Waals surface area contributed by atoms with Crippen molar-refractivity contribution in [3.8, 4) is 0 Å². The van der Waals surface area contributed by atoms with Gasteiger partial charge in [-0.3, -0.25) is 9.59 Å². The third-order valence-corrected chi connectivity index (χ3v) is 4.17. The molecule has 1 N–H and O–H groups in total. The van der Waals surface area contributed by atoms with Gasteiger partial charge in [0.05, 0.1) is 6.42 Å². The van der Waals surface area contributed by atoms with Crippen LogP contribution in [0.25, 0.3) is 0 Å². The smallest absolute Gasteiger partial charge is 0.250 e. The van der Waals surface area contributed by atoms with E-state index in [0.717, 1.165) is 4.47 Å². The van der Waals surface area contributed by atoms with E-state index in [2.05, 4.69) is 26.2 Å². The summed E-state index contributed by atoms with van der Waals surface area (Å²) in [6.45, 7) is 1.75. The van der Waals surface area contributed by atoms with E-state index in [1.54, 1.807) is 36.2 Å². The van der Waals surface area contributed by atoms with Gasteiger partial charge in [0, 0.05) is 16.4 Å². The molecule has 1 aromatic carbocycles. The van der Waals surface area contributed by atoms with E-state index in [4.69, 9.17) is 0 Å². The third kappa shape index (κ3) is 2.62. The molecule has 2 aliphatic heterocycles. The lowest BCUT2D eigenvalue weighted by molar-refractivity contribution is -0.130. The van der Waals surface area contributed by atoms with Crippen LogP contribution in [0.5, 0.6) is 0 Å². The fourth-order valence-corrected chi connectivity index (χ4v) is 2.91. The molecule has 0 aromatic heterocycles. The lowest BCUT2D eigenvalue weighted by Gasteiger charge is -2.41. The summed E-state index contributed by atoms with van der Waals surface area (Å²) in [5.41, 5.74) is -0.328. The van der Waals surface area contributed by atoms with Crippen molar-refractivity contribution in [2.75, 3.05) is 5.32 Å². The van der Waals surface area contributed by atoms with Crippen molar-refractivity contribution in [1.82, 2.24) is 4.90 Å². The van der Waals surface area contributed by atoms with Gasteiger partial charge in [-0.1, -0.05) is 28.1 Å². The Morgan fingerprint density at radius 1 is 1.41 bits per heavy atom. The summed E-state index contributed by atoms with van der Waals surface area (Å²) in [5.74, 6) is -0.0463. The average Bonchev–Trinajstić information content (AvgIpc) is 2.47. The molecule has 0 fully saturated rings. The van der Waals surface area contributed by atoms with Gasteiger partial charge >= 0.3 is 0 Å². The molecule has 22 heavy (non-hydrogen) atoms. The van der Waals surface area contributed by atoms with Gasteiger partial charge in [0.25, 0.3) is 11.8 Å². The van der Waals surface area contributed by atoms with Crippen LogP contribution in [-0.2, 0) is 9.59 Å². The monoisotopic (exact) mass is 359 g/mol. The normalized spacial score (nSPS) is 23.1. The first kappa shape index (κ1) is 14.7. The lowest BCUT2D eigenvalue weighted by atomic mass is 9.91. The highest BCUT2D eigenvalue weighted by Gasteiger charge is 2.45. The average molecular weight is 360 g/mol. The van der Waals surface area contributed by atoms with Gasteiger partial charge < -0.3 is 10.2 Å². The van der Waals surface area contributed by atoms with Crippen molar-refractivity contribution < 1.29 is 9.59 Å². The Morgan fingerprint density at radius 3 is 3.00 bits per heavy atom. The summed E-state index contributed by atoms with van der Waals surface area (Å²) >= 11 is 3.37. The van der Waals surface area contributed by atoms with Crippen molar-refractivity contribution in [2.45, 2.75) is 18.9 Å². The van der Waals surface area contributed by atoms with E-state index in [1.165, 1.54) is 0 Å². The van der Waals surface area contributed by atoms with Crippen LogP contribution in [0.3, 0.4) is 0 Å². The van der Waals surface area contributed by atoms with E-state index in [0.29, 0.717) is 11.5 Å². The Kier molecular flexibility index (Phi) is 3.70. The zero-order valence-electron chi connectivity index (χ0n) is 11.9. The van der Waals surface area contributed by atoms with Crippen molar-refractivity contribution in [3.05, 3.63) is 53.2 Å². The number of carbonyl (C=O) groups excluding carboxylic acids is 2. The largest absolute Gasteiger partial charge is 0.324 e.